The molecule has 432 valence electrons. The van der Waals surface area contributed by atoms with Gasteiger partial charge in [-0.1, -0.05) is 39.5 Å². The molecule has 4 aromatic rings. The molecule has 6 aliphatic rings. The third-order valence-electron chi connectivity index (χ3n) is 17.2. The van der Waals surface area contributed by atoms with Gasteiger partial charge in [0.1, 0.15) is 22.9 Å². The first-order chi connectivity index (χ1) is 38.4. The van der Waals surface area contributed by atoms with Gasteiger partial charge in [0, 0.05) is 49.4 Å². The summed E-state index contributed by atoms with van der Waals surface area (Å²) in [7, 11) is 10.4. The first-order valence-electron chi connectivity index (χ1n) is 28.5. The van der Waals surface area contributed by atoms with Crippen molar-refractivity contribution in [3.05, 3.63) is 59.9 Å². The molecular weight excluding hydrogens is 1030 g/mol. The van der Waals surface area contributed by atoms with Crippen LogP contribution in [-0.2, 0) is 9.59 Å². The van der Waals surface area contributed by atoms with Gasteiger partial charge in [-0.2, -0.15) is 9.97 Å². The third kappa shape index (κ3) is 12.5. The predicted molar refractivity (Wildman–Crippen MR) is 307 cm³/mol. The lowest BCUT2D eigenvalue weighted by Crippen LogP contribution is -2.50. The molecule has 2 aromatic heterocycles. The Balaban J connectivity index is 0.000000194. The number of benzene rings is 2. The van der Waals surface area contributed by atoms with Crippen LogP contribution in [0.1, 0.15) is 124 Å². The Labute approximate surface area is 468 Å². The Kier molecular flexibility index (Phi) is 17.9. The van der Waals surface area contributed by atoms with Gasteiger partial charge in [-0.15, -0.1) is 0 Å². The van der Waals surface area contributed by atoms with Crippen LogP contribution >= 0.6 is 0 Å². The molecule has 10 rings (SSSR count). The van der Waals surface area contributed by atoms with Crippen LogP contribution < -0.4 is 50.3 Å². The van der Waals surface area contributed by atoms with Crippen LogP contribution in [0.4, 0.5) is 55.1 Å². The Morgan fingerprint density at radius 2 is 0.950 bits per heavy atom. The quantitative estimate of drug-likeness (QED) is 0.0951. The summed E-state index contributed by atoms with van der Waals surface area (Å²) >= 11 is 0. The third-order valence-corrected chi connectivity index (χ3v) is 17.2. The maximum atomic E-state index is 15.9. The standard InChI is InChI=1S/2C29H40FN7O3/c2*1-5-29(30)18-37(21-8-6-7-9-21)25-23(36(3)27(29)39)17-31-28(34-25)33-22-11-10-19(16-24(22)40-4)26(38)32-20-12-14-35(2)15-13-20/h2*10-11,16-17,20-21H,5-9,12-15,18H2,1-4H3,(H,32,38)(H,31,33,34)/t2*29-/m10/s1. The Hall–Kier alpha value is -6.94. The summed E-state index contributed by atoms with van der Waals surface area (Å²) in [4.78, 5) is 81.7. The molecule has 0 radical (unpaired) electrons. The highest BCUT2D eigenvalue weighted by atomic mass is 19.1. The SMILES string of the molecule is CC[C@@]1(F)CN(C2CCCC2)c2nc(Nc3ccc(C(=O)NC4CCN(C)CC4)cc3OC)ncc2N(C)C1=O.CC[C@]1(F)CN(C2CCCC2)c2nc(Nc3ccc(C(=O)NC4CCN(C)CC4)cc3OC)ncc2N(C)C1=O. The second kappa shape index (κ2) is 24.8. The van der Waals surface area contributed by atoms with Gasteiger partial charge in [-0.05, 0) is 141 Å². The molecule has 4 amide bonds. The number of ether oxygens (including phenoxy) is 2. The minimum atomic E-state index is -2.00. The van der Waals surface area contributed by atoms with E-state index in [-0.39, 0.29) is 61.9 Å². The normalized spacial score (nSPS) is 22.7. The molecular formula is C58H80F2N14O6. The molecule has 2 saturated heterocycles. The Morgan fingerprint density at radius 3 is 1.29 bits per heavy atom. The monoisotopic (exact) mass is 1110 g/mol. The predicted octanol–water partition coefficient (Wildman–Crippen LogP) is 7.79. The zero-order valence-electron chi connectivity index (χ0n) is 47.7. The fourth-order valence-corrected chi connectivity index (χ4v) is 11.9. The molecule has 22 heteroatoms. The van der Waals surface area contributed by atoms with Crippen molar-refractivity contribution < 1.29 is 37.4 Å². The van der Waals surface area contributed by atoms with Gasteiger partial charge in [-0.25, -0.2) is 18.7 Å². The van der Waals surface area contributed by atoms with Crippen molar-refractivity contribution in [3.63, 3.8) is 0 Å². The molecule has 4 N–H and O–H groups in total. The van der Waals surface area contributed by atoms with Gasteiger partial charge in [0.05, 0.1) is 51.1 Å². The number of rotatable bonds is 14. The highest BCUT2D eigenvalue weighted by Gasteiger charge is 2.49. The highest BCUT2D eigenvalue weighted by Crippen LogP contribution is 2.43. The van der Waals surface area contributed by atoms with Gasteiger partial charge < -0.3 is 60.1 Å². The molecule has 4 aliphatic heterocycles. The van der Waals surface area contributed by atoms with Crippen molar-refractivity contribution in [1.29, 1.82) is 0 Å². The lowest BCUT2D eigenvalue weighted by Gasteiger charge is -2.33. The molecule has 80 heavy (non-hydrogen) atoms. The summed E-state index contributed by atoms with van der Waals surface area (Å²) < 4.78 is 43.1. The number of amides is 4. The summed E-state index contributed by atoms with van der Waals surface area (Å²) in [6.45, 7) is 7.19. The largest absolute Gasteiger partial charge is 0.495 e. The number of hydrogen-bond acceptors (Lipinski definition) is 16. The number of aromatic nitrogens is 4. The molecule has 0 bridgehead atoms. The van der Waals surface area contributed by atoms with E-state index in [4.69, 9.17) is 19.4 Å². The summed E-state index contributed by atoms with van der Waals surface area (Å²) in [6, 6.07) is 11.0. The minimum absolute atomic E-state index is 0.0365. The van der Waals surface area contributed by atoms with Gasteiger partial charge in [-0.3, -0.25) is 19.2 Å². The average molecular weight is 1110 g/mol. The number of piperidine rings is 2. The van der Waals surface area contributed by atoms with Crippen LogP contribution in [0.5, 0.6) is 11.5 Å². The number of methoxy groups -OCH3 is 2. The number of nitrogens with one attached hydrogen (secondary N) is 4. The number of nitrogens with zero attached hydrogens (tertiary/aromatic N) is 10. The lowest BCUT2D eigenvalue weighted by molar-refractivity contribution is -0.129. The van der Waals surface area contributed by atoms with E-state index < -0.39 is 23.2 Å². The van der Waals surface area contributed by atoms with Crippen molar-refractivity contribution in [1.82, 2.24) is 40.4 Å². The number of halogens is 2. The average Bonchev–Trinajstić information content (AvgIpc) is 4.25. The second-order valence-corrected chi connectivity index (χ2v) is 22.5. The van der Waals surface area contributed by atoms with Crippen LogP contribution in [0.15, 0.2) is 48.8 Å². The maximum Gasteiger partial charge on any atom is 0.266 e. The Morgan fingerprint density at radius 1 is 0.588 bits per heavy atom. The fraction of sp³-hybridized carbons (Fsp3) is 0.586. The number of likely N-dealkylation sites (tertiary alicyclic amines) is 2. The van der Waals surface area contributed by atoms with E-state index in [9.17, 15) is 19.2 Å². The molecule has 2 aromatic carbocycles. The van der Waals surface area contributed by atoms with Gasteiger partial charge >= 0.3 is 0 Å². The van der Waals surface area contributed by atoms with E-state index in [1.165, 1.54) is 9.80 Å². The van der Waals surface area contributed by atoms with Gasteiger partial charge in [0.2, 0.25) is 23.2 Å². The molecule has 2 atom stereocenters. The molecule has 20 nitrogen and oxygen atoms in total. The zero-order chi connectivity index (χ0) is 56.9. The van der Waals surface area contributed by atoms with E-state index in [1.54, 1.807) is 91.0 Å². The minimum Gasteiger partial charge on any atom is -0.495 e. The maximum absolute atomic E-state index is 15.9. The van der Waals surface area contributed by atoms with Crippen molar-refractivity contribution in [2.45, 2.75) is 139 Å². The van der Waals surface area contributed by atoms with Crippen LogP contribution in [0, 0.1) is 0 Å². The summed E-state index contributed by atoms with van der Waals surface area (Å²) in [5.74, 6) is 1.22. The molecule has 6 heterocycles. The topological polar surface area (TPSA) is 206 Å². The molecule has 4 fully saturated rings. The number of carbonyl (C=O) groups is 4. The number of alkyl halides is 2. The summed E-state index contributed by atoms with van der Waals surface area (Å²) in [5, 5.41) is 12.7. The van der Waals surface area contributed by atoms with Crippen molar-refractivity contribution in [2.24, 2.45) is 0 Å². The van der Waals surface area contributed by atoms with E-state index in [2.05, 4.69) is 55.1 Å². The highest BCUT2D eigenvalue weighted by molar-refractivity contribution is 6.04. The van der Waals surface area contributed by atoms with Crippen molar-refractivity contribution >= 4 is 69.9 Å². The van der Waals surface area contributed by atoms with Crippen LogP contribution in [-0.4, -0.2) is 171 Å². The summed E-state index contributed by atoms with van der Waals surface area (Å²) in [6.07, 6.45) is 15.0. The van der Waals surface area contributed by atoms with E-state index in [1.807, 2.05) is 9.80 Å². The van der Waals surface area contributed by atoms with Crippen LogP contribution in [0.3, 0.4) is 0 Å². The fourth-order valence-electron chi connectivity index (χ4n) is 11.9. The van der Waals surface area contributed by atoms with Crippen molar-refractivity contribution in [3.8, 4) is 11.5 Å². The number of anilines is 8. The number of fused-ring (bicyclic) bond motifs is 2. The van der Waals surface area contributed by atoms with E-state index >= 15 is 8.78 Å². The van der Waals surface area contributed by atoms with E-state index in [0.29, 0.717) is 68.9 Å². The zero-order valence-corrected chi connectivity index (χ0v) is 47.7. The van der Waals surface area contributed by atoms with Crippen molar-refractivity contribution in [2.75, 3.05) is 112 Å². The molecule has 2 saturated carbocycles. The lowest BCUT2D eigenvalue weighted by atomic mass is 10.00. The molecule has 2 aliphatic carbocycles. The Bertz CT molecular complexity index is 2680. The second-order valence-electron chi connectivity index (χ2n) is 22.5. The number of hydrogen-bond donors (Lipinski definition) is 4. The molecule has 0 unspecified atom stereocenters. The van der Waals surface area contributed by atoms with Gasteiger partial charge in [0.25, 0.3) is 23.6 Å². The first-order valence-corrected chi connectivity index (χ1v) is 28.5. The van der Waals surface area contributed by atoms with Crippen LogP contribution in [0.25, 0.3) is 0 Å². The van der Waals surface area contributed by atoms with Crippen LogP contribution in [0.2, 0.25) is 0 Å². The molecule has 0 spiro atoms. The number of carbonyl (C=O) groups excluding carboxylic acids is 4. The summed E-state index contributed by atoms with van der Waals surface area (Å²) in [5.41, 5.74) is -0.815. The van der Waals surface area contributed by atoms with E-state index in [0.717, 1.165) is 103 Å². The smallest absolute Gasteiger partial charge is 0.266 e. The van der Waals surface area contributed by atoms with Gasteiger partial charge in [0.15, 0.2) is 11.6 Å². The first kappa shape index (κ1) is 57.7.